The minimum absolute atomic E-state index is 0. The van der Waals surface area contributed by atoms with Crippen LogP contribution in [0.15, 0.2) is 53.7 Å². The second-order valence-corrected chi connectivity index (χ2v) is 6.80. The van der Waals surface area contributed by atoms with Crippen LogP contribution in [-0.2, 0) is 5.41 Å². The lowest BCUT2D eigenvalue weighted by atomic mass is 9.87. The third kappa shape index (κ3) is 4.34. The Morgan fingerprint density at radius 3 is 2.32 bits per heavy atom. The van der Waals surface area contributed by atoms with Gasteiger partial charge in [-0.3, -0.25) is 4.99 Å². The summed E-state index contributed by atoms with van der Waals surface area (Å²) in [5.41, 5.74) is 5.20. The molecule has 0 spiro atoms. The zero-order valence-electron chi connectivity index (χ0n) is 15.0. The number of H-pyrrole nitrogens is 2. The van der Waals surface area contributed by atoms with Gasteiger partial charge in [-0.2, -0.15) is 0 Å². The molecule has 2 heterocycles. The van der Waals surface area contributed by atoms with Crippen LogP contribution in [0.5, 0.6) is 5.75 Å². The van der Waals surface area contributed by atoms with E-state index in [0.29, 0.717) is 0 Å². The Morgan fingerprint density at radius 2 is 1.76 bits per heavy atom. The van der Waals surface area contributed by atoms with Gasteiger partial charge < -0.3 is 14.7 Å². The quantitative estimate of drug-likeness (QED) is 0.596. The average Bonchev–Trinajstić information content (AvgIpc) is 3.21. The number of nitrogens with zero attached hydrogens (tertiary/aromatic N) is 1. The normalized spacial score (nSPS) is 11.5. The van der Waals surface area contributed by atoms with Gasteiger partial charge in [0, 0.05) is 12.3 Å². The van der Waals surface area contributed by atoms with Gasteiger partial charge in [0.1, 0.15) is 5.75 Å². The smallest absolute Gasteiger partial charge is 0.146 e. The maximum absolute atomic E-state index is 5.44. The fourth-order valence-corrected chi connectivity index (χ4v) is 2.55. The molecule has 4 nitrogen and oxygen atoms in total. The summed E-state index contributed by atoms with van der Waals surface area (Å²) in [6.07, 6.45) is 3.70. The number of halogens is 1. The first-order valence-electron chi connectivity index (χ1n) is 8.03. The molecule has 5 heteroatoms. The van der Waals surface area contributed by atoms with Gasteiger partial charge in [0.2, 0.25) is 0 Å². The van der Waals surface area contributed by atoms with E-state index in [0.717, 1.165) is 28.5 Å². The molecule has 0 radical (unpaired) electrons. The molecule has 3 aromatic rings. The third-order valence-corrected chi connectivity index (χ3v) is 3.99. The van der Waals surface area contributed by atoms with Crippen LogP contribution >= 0.6 is 12.4 Å². The molecule has 0 fully saturated rings. The molecular formula is C20H24ClN3O. The van der Waals surface area contributed by atoms with Crippen LogP contribution in [0.1, 0.15) is 32.0 Å². The van der Waals surface area contributed by atoms with Crippen molar-refractivity contribution in [2.75, 3.05) is 7.11 Å². The Balaban J connectivity index is 0.00000225. The van der Waals surface area contributed by atoms with Crippen molar-refractivity contribution >= 4 is 24.3 Å². The number of nitrogens with one attached hydrogen (secondary N) is 2. The van der Waals surface area contributed by atoms with Crippen molar-refractivity contribution in [3.63, 3.8) is 0 Å². The largest absolute Gasteiger partial charge is 0.494 e. The van der Waals surface area contributed by atoms with Gasteiger partial charge >= 0.3 is 0 Å². The molecule has 0 bridgehead atoms. The Kier molecular flexibility index (Phi) is 5.75. The topological polar surface area (TPSA) is 53.2 Å². The number of aromatic amines is 2. The highest BCUT2D eigenvalue weighted by molar-refractivity contribution is 5.86. The lowest BCUT2D eigenvalue weighted by Gasteiger charge is -2.18. The van der Waals surface area contributed by atoms with Crippen molar-refractivity contribution in [1.82, 2.24) is 9.97 Å². The van der Waals surface area contributed by atoms with E-state index in [9.17, 15) is 0 Å². The molecule has 0 atom stereocenters. The first-order valence-corrected chi connectivity index (χ1v) is 8.03. The lowest BCUT2D eigenvalue weighted by Crippen LogP contribution is -2.10. The maximum atomic E-state index is 5.44. The predicted molar refractivity (Wildman–Crippen MR) is 107 cm³/mol. The van der Waals surface area contributed by atoms with Gasteiger partial charge in [0.05, 0.1) is 36.1 Å². The highest BCUT2D eigenvalue weighted by atomic mass is 35.5. The highest BCUT2D eigenvalue weighted by Gasteiger charge is 2.13. The van der Waals surface area contributed by atoms with E-state index >= 15 is 0 Å². The van der Waals surface area contributed by atoms with Crippen molar-refractivity contribution < 1.29 is 4.74 Å². The van der Waals surface area contributed by atoms with E-state index < -0.39 is 0 Å². The summed E-state index contributed by atoms with van der Waals surface area (Å²) in [5, 5.41) is 0. The SMILES string of the molecule is COc1cc(-c2ccc[nH]2)[nH]c1C=Nc1ccc(C(C)(C)C)cc1.Cl. The number of benzene rings is 1. The molecule has 1 aromatic carbocycles. The Bertz CT molecular complexity index is 825. The van der Waals surface area contributed by atoms with Crippen molar-refractivity contribution in [3.8, 4) is 17.1 Å². The standard InChI is InChI=1S/C20H23N3O.ClH/c1-20(2,3)14-7-9-15(10-8-14)22-13-18-19(24-4)12-17(23-18)16-6-5-11-21-16;/h5-13,21,23H,1-4H3;1H. The molecule has 0 aliphatic heterocycles. The molecule has 0 unspecified atom stereocenters. The van der Waals surface area contributed by atoms with Crippen molar-refractivity contribution in [1.29, 1.82) is 0 Å². The summed E-state index contributed by atoms with van der Waals surface area (Å²) in [5.74, 6) is 0.773. The third-order valence-electron chi connectivity index (χ3n) is 3.99. The van der Waals surface area contributed by atoms with Crippen molar-refractivity contribution in [2.45, 2.75) is 26.2 Å². The lowest BCUT2D eigenvalue weighted by molar-refractivity contribution is 0.415. The number of rotatable bonds is 4. The summed E-state index contributed by atoms with van der Waals surface area (Å²) in [6, 6.07) is 14.3. The van der Waals surface area contributed by atoms with E-state index in [1.54, 1.807) is 13.3 Å². The number of methoxy groups -OCH3 is 1. The van der Waals surface area contributed by atoms with E-state index in [1.807, 2.05) is 36.5 Å². The van der Waals surface area contributed by atoms with E-state index in [1.165, 1.54) is 5.56 Å². The molecule has 0 aliphatic carbocycles. The average molecular weight is 358 g/mol. The molecule has 3 rings (SSSR count). The summed E-state index contributed by atoms with van der Waals surface area (Å²) < 4.78 is 5.44. The first-order chi connectivity index (χ1) is 11.5. The van der Waals surface area contributed by atoms with Crippen LogP contribution in [0.25, 0.3) is 11.4 Å². The monoisotopic (exact) mass is 357 g/mol. The van der Waals surface area contributed by atoms with Crippen molar-refractivity contribution in [2.24, 2.45) is 4.99 Å². The van der Waals surface area contributed by atoms with Gasteiger partial charge in [0.25, 0.3) is 0 Å². The highest BCUT2D eigenvalue weighted by Crippen LogP contribution is 2.27. The number of ether oxygens (including phenoxy) is 1. The summed E-state index contributed by atoms with van der Waals surface area (Å²) >= 11 is 0. The summed E-state index contributed by atoms with van der Waals surface area (Å²) in [4.78, 5) is 11.1. The first kappa shape index (κ1) is 18.9. The zero-order valence-corrected chi connectivity index (χ0v) is 15.8. The van der Waals surface area contributed by atoms with Gasteiger partial charge in [0.15, 0.2) is 0 Å². The fourth-order valence-electron chi connectivity index (χ4n) is 2.55. The number of aliphatic imine (C=N–C) groups is 1. The van der Waals surface area contributed by atoms with Crippen LogP contribution in [0, 0.1) is 0 Å². The van der Waals surface area contributed by atoms with Gasteiger partial charge in [-0.1, -0.05) is 32.9 Å². The fraction of sp³-hybridized carbons (Fsp3) is 0.250. The van der Waals surface area contributed by atoms with Crippen molar-refractivity contribution in [3.05, 3.63) is 59.9 Å². The maximum Gasteiger partial charge on any atom is 0.146 e. The number of hydrogen-bond acceptors (Lipinski definition) is 2. The Labute approximate surface area is 154 Å². The number of hydrogen-bond donors (Lipinski definition) is 2. The van der Waals surface area contributed by atoms with Crippen LogP contribution in [0.3, 0.4) is 0 Å². The molecule has 0 aliphatic rings. The minimum Gasteiger partial charge on any atom is -0.494 e. The van der Waals surface area contributed by atoms with E-state index in [-0.39, 0.29) is 17.8 Å². The summed E-state index contributed by atoms with van der Waals surface area (Å²) in [6.45, 7) is 6.62. The molecule has 2 N–H and O–H groups in total. The van der Waals surface area contributed by atoms with Crippen LogP contribution in [0.4, 0.5) is 5.69 Å². The zero-order chi connectivity index (χ0) is 17.2. The van der Waals surface area contributed by atoms with E-state index in [4.69, 9.17) is 4.74 Å². The van der Waals surface area contributed by atoms with Gasteiger partial charge in [-0.15, -0.1) is 12.4 Å². The predicted octanol–water partition coefficient (Wildman–Crippen LogP) is 5.49. The molecule has 0 saturated heterocycles. The van der Waals surface area contributed by atoms with E-state index in [2.05, 4.69) is 47.9 Å². The Hall–Kier alpha value is -2.46. The van der Waals surface area contributed by atoms with Gasteiger partial charge in [-0.05, 0) is 35.2 Å². The van der Waals surface area contributed by atoms with Crippen LogP contribution in [0.2, 0.25) is 0 Å². The molecule has 2 aromatic heterocycles. The summed E-state index contributed by atoms with van der Waals surface area (Å²) in [7, 11) is 1.66. The molecular weight excluding hydrogens is 334 g/mol. The second kappa shape index (κ2) is 7.62. The Morgan fingerprint density at radius 1 is 1.04 bits per heavy atom. The van der Waals surface area contributed by atoms with Gasteiger partial charge in [-0.25, -0.2) is 0 Å². The molecule has 0 saturated carbocycles. The minimum atomic E-state index is 0. The molecule has 132 valence electrons. The van der Waals surface area contributed by atoms with Crippen LogP contribution < -0.4 is 4.74 Å². The molecule has 0 amide bonds. The second-order valence-electron chi connectivity index (χ2n) is 6.80. The van der Waals surface area contributed by atoms with Crippen LogP contribution in [-0.4, -0.2) is 23.3 Å². The molecule has 25 heavy (non-hydrogen) atoms. The number of aromatic nitrogens is 2.